The molecule has 3 aromatic rings. The van der Waals surface area contributed by atoms with Gasteiger partial charge in [-0.15, -0.1) is 0 Å². The van der Waals surface area contributed by atoms with Crippen molar-refractivity contribution in [3.05, 3.63) is 78.4 Å². The molecular weight excluding hydrogens is 452 g/mol. The van der Waals surface area contributed by atoms with Crippen molar-refractivity contribution in [2.45, 2.75) is 23.8 Å². The number of anilines is 2. The maximum Gasteiger partial charge on any atom is 0.247 e. The molecule has 0 spiro atoms. The van der Waals surface area contributed by atoms with Gasteiger partial charge in [-0.1, -0.05) is 42.5 Å². The second-order valence-electron chi connectivity index (χ2n) is 8.12. The minimum Gasteiger partial charge on any atom is -0.384 e. The number of amidine groups is 1. The fourth-order valence-corrected chi connectivity index (χ4v) is 4.98. The van der Waals surface area contributed by atoms with Crippen molar-refractivity contribution in [2.24, 2.45) is 5.73 Å². The molecule has 174 valence electrons. The van der Waals surface area contributed by atoms with Crippen LogP contribution in [0.25, 0.3) is 11.1 Å². The Morgan fingerprint density at radius 3 is 2.44 bits per heavy atom. The lowest BCUT2D eigenvalue weighted by atomic mass is 10.1. The SMILES string of the molecule is CS(=O)(=O)c1ccccc1-c1ccc(NC(=O)[C@@H]2CCC(=O)N2c2cccc(C(=N)N)c2)cc1. The Bertz CT molecular complexity index is 1380. The first-order chi connectivity index (χ1) is 16.1. The van der Waals surface area contributed by atoms with Gasteiger partial charge in [0.15, 0.2) is 9.84 Å². The van der Waals surface area contributed by atoms with Crippen LogP contribution in [0.2, 0.25) is 0 Å². The van der Waals surface area contributed by atoms with Crippen molar-refractivity contribution in [3.8, 4) is 11.1 Å². The summed E-state index contributed by atoms with van der Waals surface area (Å²) in [6.07, 6.45) is 1.78. The predicted octanol–water partition coefficient (Wildman–Crippen LogP) is 3.18. The molecule has 1 fully saturated rings. The molecule has 4 N–H and O–H groups in total. The highest BCUT2D eigenvalue weighted by Crippen LogP contribution is 2.30. The Labute approximate surface area is 197 Å². The molecule has 0 radical (unpaired) electrons. The summed E-state index contributed by atoms with van der Waals surface area (Å²) in [5, 5.41) is 10.5. The molecule has 8 nitrogen and oxygen atoms in total. The van der Waals surface area contributed by atoms with Crippen LogP contribution in [0.5, 0.6) is 0 Å². The number of hydrogen-bond acceptors (Lipinski definition) is 5. The number of nitrogens with two attached hydrogens (primary N) is 1. The Balaban J connectivity index is 1.55. The number of hydrogen-bond donors (Lipinski definition) is 3. The third kappa shape index (κ3) is 4.69. The summed E-state index contributed by atoms with van der Waals surface area (Å²) < 4.78 is 24.2. The van der Waals surface area contributed by atoms with E-state index in [0.29, 0.717) is 34.5 Å². The van der Waals surface area contributed by atoms with Gasteiger partial charge >= 0.3 is 0 Å². The average Bonchev–Trinajstić information content (AvgIpc) is 3.20. The van der Waals surface area contributed by atoms with E-state index in [4.69, 9.17) is 11.1 Å². The Morgan fingerprint density at radius 2 is 1.76 bits per heavy atom. The van der Waals surface area contributed by atoms with Crippen molar-refractivity contribution in [3.63, 3.8) is 0 Å². The topological polar surface area (TPSA) is 133 Å². The second kappa shape index (κ2) is 9.11. The van der Waals surface area contributed by atoms with Crippen molar-refractivity contribution in [1.29, 1.82) is 5.41 Å². The largest absolute Gasteiger partial charge is 0.384 e. The monoisotopic (exact) mass is 476 g/mol. The molecule has 4 rings (SSSR count). The summed E-state index contributed by atoms with van der Waals surface area (Å²) in [7, 11) is -3.40. The van der Waals surface area contributed by atoms with E-state index in [2.05, 4.69) is 5.32 Å². The molecule has 1 atom stereocenters. The zero-order valence-corrected chi connectivity index (χ0v) is 19.3. The number of carbonyl (C=O) groups is 2. The minimum absolute atomic E-state index is 0.118. The first-order valence-electron chi connectivity index (χ1n) is 10.6. The quantitative estimate of drug-likeness (QED) is 0.371. The van der Waals surface area contributed by atoms with Crippen LogP contribution in [0.4, 0.5) is 11.4 Å². The van der Waals surface area contributed by atoms with Gasteiger partial charge < -0.3 is 11.1 Å². The van der Waals surface area contributed by atoms with Crippen LogP contribution in [-0.2, 0) is 19.4 Å². The number of nitrogens with zero attached hydrogens (tertiary/aromatic N) is 1. The zero-order valence-electron chi connectivity index (χ0n) is 18.5. The lowest BCUT2D eigenvalue weighted by Gasteiger charge is -2.24. The lowest BCUT2D eigenvalue weighted by Crippen LogP contribution is -2.41. The van der Waals surface area contributed by atoms with Crippen LogP contribution >= 0.6 is 0 Å². The lowest BCUT2D eigenvalue weighted by molar-refractivity contribution is -0.120. The second-order valence-corrected chi connectivity index (χ2v) is 10.1. The zero-order chi connectivity index (χ0) is 24.5. The first-order valence-corrected chi connectivity index (χ1v) is 12.5. The number of benzene rings is 3. The molecule has 1 saturated heterocycles. The van der Waals surface area contributed by atoms with E-state index in [-0.39, 0.29) is 29.0 Å². The molecule has 1 aliphatic heterocycles. The van der Waals surface area contributed by atoms with Crippen LogP contribution in [-0.4, -0.2) is 38.4 Å². The van der Waals surface area contributed by atoms with Gasteiger partial charge in [-0.05, 0) is 42.3 Å². The Hall–Kier alpha value is -3.98. The molecular formula is C25H24N4O4S. The van der Waals surface area contributed by atoms with Crippen molar-refractivity contribution >= 4 is 38.9 Å². The van der Waals surface area contributed by atoms with Crippen LogP contribution < -0.4 is 16.0 Å². The molecule has 9 heteroatoms. The maximum atomic E-state index is 13.1. The predicted molar refractivity (Wildman–Crippen MR) is 132 cm³/mol. The Kier molecular flexibility index (Phi) is 6.21. The van der Waals surface area contributed by atoms with Crippen molar-refractivity contribution in [2.75, 3.05) is 16.5 Å². The highest BCUT2D eigenvalue weighted by molar-refractivity contribution is 7.90. The molecule has 0 unspecified atom stereocenters. The summed E-state index contributed by atoms with van der Waals surface area (Å²) in [5.41, 5.74) is 8.38. The summed E-state index contributed by atoms with van der Waals surface area (Å²) in [4.78, 5) is 27.3. The molecule has 0 bridgehead atoms. The van der Waals surface area contributed by atoms with Gasteiger partial charge in [0.05, 0.1) is 4.90 Å². The number of sulfone groups is 1. The highest BCUT2D eigenvalue weighted by atomic mass is 32.2. The first kappa shape index (κ1) is 23.2. The molecule has 34 heavy (non-hydrogen) atoms. The molecule has 3 aromatic carbocycles. The Morgan fingerprint density at radius 1 is 1.06 bits per heavy atom. The highest BCUT2D eigenvalue weighted by Gasteiger charge is 2.37. The van der Waals surface area contributed by atoms with E-state index in [0.717, 1.165) is 0 Å². The average molecular weight is 477 g/mol. The maximum absolute atomic E-state index is 13.1. The summed E-state index contributed by atoms with van der Waals surface area (Å²) >= 11 is 0. The van der Waals surface area contributed by atoms with Gasteiger partial charge in [-0.25, -0.2) is 8.42 Å². The number of carbonyl (C=O) groups excluding carboxylic acids is 2. The third-order valence-electron chi connectivity index (χ3n) is 5.70. The molecule has 2 amide bonds. The van der Waals surface area contributed by atoms with Crippen LogP contribution in [0, 0.1) is 5.41 Å². The van der Waals surface area contributed by atoms with Crippen molar-refractivity contribution in [1.82, 2.24) is 0 Å². The summed E-state index contributed by atoms with van der Waals surface area (Å²) in [6, 6.07) is 19.6. The van der Waals surface area contributed by atoms with E-state index in [9.17, 15) is 18.0 Å². The van der Waals surface area contributed by atoms with Gasteiger partial charge in [-0.2, -0.15) is 0 Å². The fraction of sp³-hybridized carbons (Fsp3) is 0.160. The number of rotatable bonds is 6. The summed E-state index contributed by atoms with van der Waals surface area (Å²) in [5.74, 6) is -0.621. The fourth-order valence-electron chi connectivity index (χ4n) is 4.07. The standard InChI is InChI=1S/C25H24N4O4S/c1-34(32,33)22-8-3-2-7-20(22)16-9-11-18(12-10-16)28-25(31)21-13-14-23(30)29(21)19-6-4-5-17(15-19)24(26)27/h2-12,15,21H,13-14H2,1H3,(H3,26,27)(H,28,31)/t21-/m0/s1. The van der Waals surface area contributed by atoms with Gasteiger partial charge in [0.1, 0.15) is 11.9 Å². The van der Waals surface area contributed by atoms with Crippen molar-refractivity contribution < 1.29 is 18.0 Å². The van der Waals surface area contributed by atoms with Crippen LogP contribution in [0.1, 0.15) is 18.4 Å². The van der Waals surface area contributed by atoms with Gasteiger partial charge in [0.25, 0.3) is 0 Å². The van der Waals surface area contributed by atoms with E-state index >= 15 is 0 Å². The summed E-state index contributed by atoms with van der Waals surface area (Å²) in [6.45, 7) is 0. The van der Waals surface area contributed by atoms with Gasteiger partial charge in [-0.3, -0.25) is 19.9 Å². The van der Waals surface area contributed by atoms with Gasteiger partial charge in [0.2, 0.25) is 11.8 Å². The third-order valence-corrected chi connectivity index (χ3v) is 6.85. The van der Waals surface area contributed by atoms with E-state index in [1.165, 1.54) is 11.2 Å². The van der Waals surface area contributed by atoms with Gasteiger partial charge in [0, 0.05) is 35.2 Å². The number of amides is 2. The molecule has 0 aliphatic carbocycles. The smallest absolute Gasteiger partial charge is 0.247 e. The van der Waals surface area contributed by atoms with E-state index < -0.39 is 15.9 Å². The molecule has 1 heterocycles. The number of nitrogen functional groups attached to an aromatic ring is 1. The molecule has 0 saturated carbocycles. The normalized spacial score (nSPS) is 15.9. The minimum atomic E-state index is -3.40. The van der Waals surface area contributed by atoms with Crippen LogP contribution in [0.15, 0.2) is 77.7 Å². The number of nitrogens with one attached hydrogen (secondary N) is 2. The van der Waals surface area contributed by atoms with E-state index in [1.807, 2.05) is 0 Å². The molecule has 0 aromatic heterocycles. The van der Waals surface area contributed by atoms with E-state index in [1.54, 1.807) is 72.8 Å². The molecule has 1 aliphatic rings. The van der Waals surface area contributed by atoms with Crippen LogP contribution in [0.3, 0.4) is 0 Å².